The number of benzene rings is 2. The van der Waals surface area contributed by atoms with Crippen molar-refractivity contribution in [3.63, 3.8) is 0 Å². The number of halogens is 3. The Morgan fingerprint density at radius 2 is 1.54 bits per heavy atom. The van der Waals surface area contributed by atoms with Gasteiger partial charge in [-0.1, -0.05) is 27.7 Å². The highest BCUT2D eigenvalue weighted by atomic mass is 19.4. The van der Waals surface area contributed by atoms with E-state index in [2.05, 4.69) is 19.7 Å². The van der Waals surface area contributed by atoms with E-state index in [-0.39, 0.29) is 29.7 Å². The lowest BCUT2D eigenvalue weighted by atomic mass is 9.48. The number of hydrogen-bond acceptors (Lipinski definition) is 11. The van der Waals surface area contributed by atoms with E-state index in [0.29, 0.717) is 11.5 Å². The highest BCUT2D eigenvalue weighted by molar-refractivity contribution is 6.23. The summed E-state index contributed by atoms with van der Waals surface area (Å²) in [5.41, 5.74) is 3.37. The second kappa shape index (κ2) is 16.3. The number of amides is 5. The molecule has 2 N–H and O–H groups in total. The summed E-state index contributed by atoms with van der Waals surface area (Å²) in [7, 11) is 0. The molecule has 4 fully saturated rings. The minimum atomic E-state index is -4.79. The first-order chi connectivity index (χ1) is 29.8. The lowest BCUT2D eigenvalue weighted by Gasteiger charge is -2.65. The second-order valence-corrected chi connectivity index (χ2v) is 18.5. The smallest absolute Gasteiger partial charge is 0.417 e. The molecular weight excluding hydrogens is 818 g/mol. The molecule has 5 aliphatic rings. The Bertz CT molecular complexity index is 2370. The summed E-state index contributed by atoms with van der Waals surface area (Å²) in [4.78, 5) is 80.8. The van der Waals surface area contributed by atoms with Crippen LogP contribution >= 0.6 is 0 Å². The number of nitriles is 1. The fourth-order valence-electron chi connectivity index (χ4n) is 10.9. The van der Waals surface area contributed by atoms with Crippen LogP contribution in [0, 0.1) is 28.1 Å². The molecule has 1 saturated carbocycles. The summed E-state index contributed by atoms with van der Waals surface area (Å²) in [5.74, 6) is -1.49. The highest BCUT2D eigenvalue weighted by Gasteiger charge is 2.68. The largest absolute Gasteiger partial charge is 0.489 e. The molecule has 3 aromatic rings. The van der Waals surface area contributed by atoms with Crippen LogP contribution in [0.4, 0.5) is 24.7 Å². The summed E-state index contributed by atoms with van der Waals surface area (Å²) >= 11 is 0. The number of carbonyl (C=O) groups is 5. The number of nitrogens with two attached hydrogens (primary N) is 1. The number of pyridine rings is 1. The van der Waals surface area contributed by atoms with Crippen LogP contribution in [0.2, 0.25) is 0 Å². The van der Waals surface area contributed by atoms with E-state index in [4.69, 9.17) is 10.5 Å². The number of likely N-dealkylation sites (tertiary alicyclic amines) is 1. The molecule has 1 aliphatic carbocycles. The van der Waals surface area contributed by atoms with Crippen LogP contribution in [-0.4, -0.2) is 113 Å². The molecule has 3 saturated heterocycles. The molecule has 17 heteroatoms. The molecular formula is C46H51F3N8O6. The van der Waals surface area contributed by atoms with Crippen molar-refractivity contribution in [2.75, 3.05) is 55.6 Å². The van der Waals surface area contributed by atoms with Crippen molar-refractivity contribution < 1.29 is 41.9 Å². The van der Waals surface area contributed by atoms with Crippen molar-refractivity contribution in [3.05, 3.63) is 82.5 Å². The Hall–Kier alpha value is -6.02. The number of carbonyl (C=O) groups excluding carboxylic acids is 5. The predicted octanol–water partition coefficient (Wildman–Crippen LogP) is 5.50. The molecule has 5 heterocycles. The number of primary amides is 1. The summed E-state index contributed by atoms with van der Waals surface area (Å²) in [6.07, 6.45) is -0.938. The molecule has 1 unspecified atom stereocenters. The van der Waals surface area contributed by atoms with Crippen LogP contribution in [0.1, 0.15) is 102 Å². The average Bonchev–Trinajstić information content (AvgIpc) is 3.50. The number of hydrogen-bond donors (Lipinski definition) is 1. The number of rotatable bonds is 10. The van der Waals surface area contributed by atoms with Crippen molar-refractivity contribution in [2.24, 2.45) is 22.5 Å². The molecule has 0 radical (unpaired) electrons. The van der Waals surface area contributed by atoms with E-state index in [0.717, 1.165) is 98.5 Å². The Labute approximate surface area is 363 Å². The van der Waals surface area contributed by atoms with Gasteiger partial charge in [-0.05, 0) is 86.7 Å². The summed E-state index contributed by atoms with van der Waals surface area (Å²) < 4.78 is 47.4. The molecule has 1 atom stereocenters. The third-order valence-electron chi connectivity index (χ3n) is 13.9. The van der Waals surface area contributed by atoms with Crippen molar-refractivity contribution in [3.8, 4) is 11.8 Å². The number of alkyl halides is 3. The molecule has 0 spiro atoms. The van der Waals surface area contributed by atoms with Gasteiger partial charge in [0.05, 0.1) is 39.9 Å². The van der Waals surface area contributed by atoms with Crippen LogP contribution in [0.3, 0.4) is 0 Å². The van der Waals surface area contributed by atoms with Crippen LogP contribution in [0.5, 0.6) is 5.75 Å². The summed E-state index contributed by atoms with van der Waals surface area (Å²) in [6, 6.07) is 11.4. The van der Waals surface area contributed by atoms with Crippen molar-refractivity contribution in [1.29, 1.82) is 5.26 Å². The molecule has 1 aromatic heterocycles. The maximum Gasteiger partial charge on any atom is 0.417 e. The van der Waals surface area contributed by atoms with Crippen molar-refractivity contribution >= 4 is 41.0 Å². The first-order valence-electron chi connectivity index (χ1n) is 21.4. The fraction of sp³-hybridized carbons (Fsp3) is 0.500. The van der Waals surface area contributed by atoms with Gasteiger partial charge in [0.25, 0.3) is 17.7 Å². The molecule has 63 heavy (non-hydrogen) atoms. The Morgan fingerprint density at radius 1 is 0.857 bits per heavy atom. The molecule has 8 rings (SSSR count). The molecule has 4 aliphatic heterocycles. The number of fused-ring (bicyclic) bond motifs is 1. The fourth-order valence-corrected chi connectivity index (χ4v) is 10.9. The standard InChI is InChI=1S/C46H51F3N8O6/c1-44(2)42(45(3,4)43(44)63-31-8-5-28(25-50)34(24-31)46(47,48)49)57-37(58)12-10-35(41(57)62)56-39(60)32-9-7-30(23-33(32)40(56)61)54-21-19-53(20-22-54)16-13-27-14-17-55(18-15-27)36-11-6-29(26-52-36)38(51)59/h5-9,11,23-24,26-27,35,42-43H,10,12-22H2,1-4H3,(H2,51,59). The van der Waals surface area contributed by atoms with Gasteiger partial charge in [0.15, 0.2) is 0 Å². The predicted molar refractivity (Wildman–Crippen MR) is 225 cm³/mol. The zero-order valence-electron chi connectivity index (χ0n) is 35.8. The zero-order chi connectivity index (χ0) is 45.2. The van der Waals surface area contributed by atoms with Gasteiger partial charge in [-0.2, -0.15) is 18.4 Å². The number of imide groups is 2. The SMILES string of the molecule is CC1(C)C(Oc2ccc(C#N)c(C(F)(F)F)c2)C(C)(C)C1N1C(=O)CCC(N2C(=O)c3ccc(N4CCN(CCC5CCN(c6ccc(C(N)=O)cn6)CC5)CC4)cc3C2=O)C1=O. The zero-order valence-corrected chi connectivity index (χ0v) is 35.8. The molecule has 2 aromatic carbocycles. The van der Waals surface area contributed by atoms with Gasteiger partial charge in [-0.3, -0.25) is 38.7 Å². The second-order valence-electron chi connectivity index (χ2n) is 18.5. The van der Waals surface area contributed by atoms with E-state index in [1.807, 2.05) is 12.1 Å². The topological polar surface area (TPSA) is 173 Å². The Balaban J connectivity index is 0.874. The summed E-state index contributed by atoms with van der Waals surface area (Å²) in [6.45, 7) is 13.0. The Morgan fingerprint density at radius 3 is 2.16 bits per heavy atom. The Kier molecular flexibility index (Phi) is 11.3. The van der Waals surface area contributed by atoms with Crippen LogP contribution in [-0.2, 0) is 15.8 Å². The van der Waals surface area contributed by atoms with Gasteiger partial charge < -0.3 is 20.3 Å². The van der Waals surface area contributed by atoms with E-state index in [9.17, 15) is 42.4 Å². The van der Waals surface area contributed by atoms with Crippen molar-refractivity contribution in [2.45, 2.75) is 84.2 Å². The van der Waals surface area contributed by atoms with Gasteiger partial charge in [0, 0.05) is 68.4 Å². The third kappa shape index (κ3) is 7.87. The van der Waals surface area contributed by atoms with Crippen LogP contribution < -0.4 is 20.3 Å². The normalized spacial score (nSPS) is 24.0. The van der Waals surface area contributed by atoms with Gasteiger partial charge in [-0.15, -0.1) is 0 Å². The number of aromatic nitrogens is 1. The average molecular weight is 869 g/mol. The summed E-state index contributed by atoms with van der Waals surface area (Å²) in [5, 5.41) is 9.23. The van der Waals surface area contributed by atoms with Gasteiger partial charge in [-0.25, -0.2) is 4.98 Å². The molecule has 5 amide bonds. The van der Waals surface area contributed by atoms with Gasteiger partial charge in [0.1, 0.15) is 23.7 Å². The number of ether oxygens (including phenoxy) is 1. The van der Waals surface area contributed by atoms with E-state index >= 15 is 0 Å². The maximum atomic E-state index is 14.4. The first-order valence-corrected chi connectivity index (χ1v) is 21.4. The van der Waals surface area contributed by atoms with Crippen LogP contribution in [0.25, 0.3) is 0 Å². The number of piperidine rings is 2. The highest BCUT2D eigenvalue weighted by Crippen LogP contribution is 2.59. The first kappa shape index (κ1) is 43.6. The molecule has 0 bridgehead atoms. The van der Waals surface area contributed by atoms with E-state index in [1.165, 1.54) is 12.3 Å². The van der Waals surface area contributed by atoms with E-state index < -0.39 is 75.9 Å². The number of anilines is 2. The van der Waals surface area contributed by atoms with Crippen molar-refractivity contribution in [1.82, 2.24) is 19.7 Å². The van der Waals surface area contributed by atoms with Gasteiger partial charge >= 0.3 is 6.18 Å². The molecule has 332 valence electrons. The monoisotopic (exact) mass is 868 g/mol. The van der Waals surface area contributed by atoms with E-state index in [1.54, 1.807) is 52.0 Å². The van der Waals surface area contributed by atoms with Crippen LogP contribution in [0.15, 0.2) is 54.7 Å². The quantitative estimate of drug-likeness (QED) is 0.255. The number of nitrogens with zero attached hydrogens (tertiary/aromatic N) is 7. The third-order valence-corrected chi connectivity index (χ3v) is 13.9. The van der Waals surface area contributed by atoms with Gasteiger partial charge in [0.2, 0.25) is 11.8 Å². The minimum Gasteiger partial charge on any atom is -0.489 e. The lowest BCUT2D eigenvalue weighted by molar-refractivity contribution is -0.216. The number of piperazine rings is 1. The maximum absolute atomic E-state index is 14.4. The lowest BCUT2D eigenvalue weighted by Crippen LogP contribution is -2.77. The minimum absolute atomic E-state index is 0.0318. The molecule has 14 nitrogen and oxygen atoms in total.